The summed E-state index contributed by atoms with van der Waals surface area (Å²) in [6.45, 7) is 5.65. The zero-order valence-electron chi connectivity index (χ0n) is 11.2. The van der Waals surface area contributed by atoms with Crippen LogP contribution in [0.1, 0.15) is 49.6 Å². The van der Waals surface area contributed by atoms with E-state index >= 15 is 0 Å². The molecule has 0 radical (unpaired) electrons. The maximum absolute atomic E-state index is 4.86. The maximum Gasteiger partial charge on any atom is 0.185 e. The number of anilines is 1. The third kappa shape index (κ3) is 2.86. The van der Waals surface area contributed by atoms with Gasteiger partial charge in [-0.3, -0.25) is 0 Å². The van der Waals surface area contributed by atoms with E-state index in [0.717, 1.165) is 19.0 Å². The molecular formula is C14H23N3S. The van der Waals surface area contributed by atoms with Gasteiger partial charge in [-0.25, -0.2) is 4.98 Å². The standard InChI is InChI=1S/C14H23N3S/c1-2-12-13(10-15-11-6-7-11)18-14(16-12)17-8-4-3-5-9-17/h11,15H,2-10H2,1H3. The van der Waals surface area contributed by atoms with Crippen molar-refractivity contribution < 1.29 is 0 Å². The Morgan fingerprint density at radius 2 is 2.06 bits per heavy atom. The fourth-order valence-electron chi connectivity index (χ4n) is 2.53. The SMILES string of the molecule is CCc1nc(N2CCCCC2)sc1CNC1CC1. The summed E-state index contributed by atoms with van der Waals surface area (Å²) in [7, 11) is 0. The number of aromatic nitrogens is 1. The molecule has 0 unspecified atom stereocenters. The molecule has 100 valence electrons. The fourth-order valence-corrected chi connectivity index (χ4v) is 3.68. The Balaban J connectivity index is 1.69. The summed E-state index contributed by atoms with van der Waals surface area (Å²) in [6, 6.07) is 0.787. The minimum absolute atomic E-state index is 0.787. The van der Waals surface area contributed by atoms with Crippen molar-refractivity contribution in [3.05, 3.63) is 10.6 Å². The third-order valence-electron chi connectivity index (χ3n) is 3.86. The number of nitrogens with zero attached hydrogens (tertiary/aromatic N) is 2. The van der Waals surface area contributed by atoms with Gasteiger partial charge in [0.15, 0.2) is 5.13 Å². The van der Waals surface area contributed by atoms with E-state index in [0.29, 0.717) is 0 Å². The van der Waals surface area contributed by atoms with Crippen molar-refractivity contribution in [2.75, 3.05) is 18.0 Å². The van der Waals surface area contributed by atoms with Crippen LogP contribution in [0.5, 0.6) is 0 Å². The van der Waals surface area contributed by atoms with Gasteiger partial charge in [0.2, 0.25) is 0 Å². The van der Waals surface area contributed by atoms with E-state index in [-0.39, 0.29) is 0 Å². The molecule has 1 aliphatic carbocycles. The number of hydrogen-bond acceptors (Lipinski definition) is 4. The number of nitrogens with one attached hydrogen (secondary N) is 1. The van der Waals surface area contributed by atoms with E-state index in [2.05, 4.69) is 17.1 Å². The lowest BCUT2D eigenvalue weighted by atomic mass is 10.1. The monoisotopic (exact) mass is 265 g/mol. The van der Waals surface area contributed by atoms with Crippen LogP contribution in [0.3, 0.4) is 0 Å². The van der Waals surface area contributed by atoms with E-state index in [1.54, 1.807) is 0 Å². The van der Waals surface area contributed by atoms with Crippen LogP contribution in [0.15, 0.2) is 0 Å². The quantitative estimate of drug-likeness (QED) is 0.887. The van der Waals surface area contributed by atoms with Crippen LogP contribution in [-0.4, -0.2) is 24.1 Å². The van der Waals surface area contributed by atoms with Crippen molar-refractivity contribution >= 4 is 16.5 Å². The van der Waals surface area contributed by atoms with Gasteiger partial charge < -0.3 is 10.2 Å². The fraction of sp³-hybridized carbons (Fsp3) is 0.786. The lowest BCUT2D eigenvalue weighted by molar-refractivity contribution is 0.576. The predicted octanol–water partition coefficient (Wildman–Crippen LogP) is 2.95. The van der Waals surface area contributed by atoms with Crippen LogP contribution in [0, 0.1) is 0 Å². The Kier molecular flexibility index (Phi) is 3.85. The summed E-state index contributed by atoms with van der Waals surface area (Å²) in [4.78, 5) is 8.80. The largest absolute Gasteiger partial charge is 0.348 e. The number of hydrogen-bond donors (Lipinski definition) is 1. The first-order valence-electron chi connectivity index (χ1n) is 7.33. The molecule has 0 spiro atoms. The van der Waals surface area contributed by atoms with E-state index in [4.69, 9.17) is 4.98 Å². The molecule has 0 atom stereocenters. The van der Waals surface area contributed by atoms with E-state index < -0.39 is 0 Å². The molecule has 2 heterocycles. The van der Waals surface area contributed by atoms with E-state index in [9.17, 15) is 0 Å². The molecule has 1 N–H and O–H groups in total. The molecule has 1 aromatic rings. The van der Waals surface area contributed by atoms with Gasteiger partial charge in [-0.2, -0.15) is 0 Å². The number of thiazole rings is 1. The molecule has 1 aromatic heterocycles. The summed E-state index contributed by atoms with van der Waals surface area (Å²) in [5, 5.41) is 4.88. The van der Waals surface area contributed by atoms with Gasteiger partial charge in [0.05, 0.1) is 5.69 Å². The minimum Gasteiger partial charge on any atom is -0.348 e. The van der Waals surface area contributed by atoms with Crippen LogP contribution in [-0.2, 0) is 13.0 Å². The second-order valence-electron chi connectivity index (χ2n) is 5.42. The van der Waals surface area contributed by atoms with Gasteiger partial charge in [-0.15, -0.1) is 11.3 Å². The molecule has 2 aliphatic rings. The summed E-state index contributed by atoms with van der Waals surface area (Å²) < 4.78 is 0. The lowest BCUT2D eigenvalue weighted by Gasteiger charge is -2.25. The van der Waals surface area contributed by atoms with Gasteiger partial charge in [0.1, 0.15) is 0 Å². The Hall–Kier alpha value is -0.610. The highest BCUT2D eigenvalue weighted by Crippen LogP contribution is 2.29. The Morgan fingerprint density at radius 1 is 1.28 bits per heavy atom. The number of piperidine rings is 1. The van der Waals surface area contributed by atoms with Crippen LogP contribution in [0.2, 0.25) is 0 Å². The summed E-state index contributed by atoms with van der Waals surface area (Å²) in [6.07, 6.45) is 7.83. The average molecular weight is 265 g/mol. The van der Waals surface area contributed by atoms with Crippen LogP contribution >= 0.6 is 11.3 Å². The van der Waals surface area contributed by atoms with Gasteiger partial charge in [-0.1, -0.05) is 6.92 Å². The molecule has 18 heavy (non-hydrogen) atoms. The molecule has 1 saturated carbocycles. The summed E-state index contributed by atoms with van der Waals surface area (Å²) in [5.41, 5.74) is 1.31. The maximum atomic E-state index is 4.86. The van der Waals surface area contributed by atoms with Gasteiger partial charge in [-0.05, 0) is 38.5 Å². The first kappa shape index (κ1) is 12.4. The predicted molar refractivity (Wildman–Crippen MR) is 77.4 cm³/mol. The average Bonchev–Trinajstić information content (AvgIpc) is 3.16. The normalized spacial score (nSPS) is 20.4. The van der Waals surface area contributed by atoms with Crippen molar-refractivity contribution in [3.63, 3.8) is 0 Å². The molecule has 1 aliphatic heterocycles. The second kappa shape index (κ2) is 5.57. The first-order valence-corrected chi connectivity index (χ1v) is 8.15. The number of rotatable bonds is 5. The zero-order valence-corrected chi connectivity index (χ0v) is 12.1. The molecule has 3 rings (SSSR count). The molecule has 1 saturated heterocycles. The molecule has 0 amide bonds. The molecule has 3 nitrogen and oxygen atoms in total. The highest BCUT2D eigenvalue weighted by Gasteiger charge is 2.22. The van der Waals surface area contributed by atoms with E-state index in [1.807, 2.05) is 11.3 Å². The van der Waals surface area contributed by atoms with Gasteiger partial charge in [0, 0.05) is 30.6 Å². The van der Waals surface area contributed by atoms with Crippen molar-refractivity contribution in [3.8, 4) is 0 Å². The minimum atomic E-state index is 0.787. The zero-order chi connectivity index (χ0) is 12.4. The molecular weight excluding hydrogens is 242 g/mol. The topological polar surface area (TPSA) is 28.2 Å². The van der Waals surface area contributed by atoms with Crippen LogP contribution < -0.4 is 10.2 Å². The molecule has 0 bridgehead atoms. The highest BCUT2D eigenvalue weighted by atomic mass is 32.1. The lowest BCUT2D eigenvalue weighted by Crippen LogP contribution is -2.29. The van der Waals surface area contributed by atoms with Crippen molar-refractivity contribution in [2.24, 2.45) is 0 Å². The molecule has 4 heteroatoms. The van der Waals surface area contributed by atoms with Crippen LogP contribution in [0.4, 0.5) is 5.13 Å². The van der Waals surface area contributed by atoms with Crippen molar-refractivity contribution in [1.82, 2.24) is 10.3 Å². The third-order valence-corrected chi connectivity index (χ3v) is 5.02. The number of aryl methyl sites for hydroxylation is 1. The highest BCUT2D eigenvalue weighted by molar-refractivity contribution is 7.15. The first-order chi connectivity index (χ1) is 8.86. The van der Waals surface area contributed by atoms with Gasteiger partial charge >= 0.3 is 0 Å². The Morgan fingerprint density at radius 3 is 2.72 bits per heavy atom. The van der Waals surface area contributed by atoms with E-state index in [1.165, 1.54) is 60.9 Å². The van der Waals surface area contributed by atoms with Crippen molar-refractivity contribution in [2.45, 2.75) is 58.0 Å². The van der Waals surface area contributed by atoms with Gasteiger partial charge in [0.25, 0.3) is 0 Å². The summed E-state index contributed by atoms with van der Waals surface area (Å²) >= 11 is 1.91. The summed E-state index contributed by atoms with van der Waals surface area (Å²) in [5.74, 6) is 0. The smallest absolute Gasteiger partial charge is 0.185 e. The Labute approximate surface area is 114 Å². The van der Waals surface area contributed by atoms with Crippen LogP contribution in [0.25, 0.3) is 0 Å². The Bertz CT molecular complexity index is 392. The molecule has 0 aromatic carbocycles. The molecule has 2 fully saturated rings. The second-order valence-corrected chi connectivity index (χ2v) is 6.48. The van der Waals surface area contributed by atoms with Crippen molar-refractivity contribution in [1.29, 1.82) is 0 Å².